The lowest BCUT2D eigenvalue weighted by Gasteiger charge is -2.28. The van der Waals surface area contributed by atoms with E-state index in [0.717, 1.165) is 28.9 Å². The van der Waals surface area contributed by atoms with Crippen molar-refractivity contribution >= 4 is 5.91 Å². The number of carbonyl (C=O) groups is 1. The van der Waals surface area contributed by atoms with Crippen molar-refractivity contribution in [3.8, 4) is 5.75 Å². The quantitative estimate of drug-likeness (QED) is 0.590. The van der Waals surface area contributed by atoms with Crippen LogP contribution < -0.4 is 4.74 Å². The van der Waals surface area contributed by atoms with Gasteiger partial charge in [0, 0.05) is 24.4 Å². The molecule has 0 radical (unpaired) electrons. The first-order chi connectivity index (χ1) is 15.4. The summed E-state index contributed by atoms with van der Waals surface area (Å²) in [6.45, 7) is 10.7. The Morgan fingerprint density at radius 1 is 1.25 bits per heavy atom. The van der Waals surface area contributed by atoms with Gasteiger partial charge in [-0.25, -0.2) is 0 Å². The van der Waals surface area contributed by atoms with Gasteiger partial charge >= 0.3 is 0 Å². The van der Waals surface area contributed by atoms with E-state index >= 15 is 0 Å². The Labute approximate surface area is 192 Å². The monoisotopic (exact) mass is 439 g/mol. The Hall–Kier alpha value is -2.37. The minimum Gasteiger partial charge on any atom is -0.493 e. The first kappa shape index (κ1) is 24.3. The van der Waals surface area contributed by atoms with Gasteiger partial charge in [-0.15, -0.1) is 0 Å². The molecule has 3 atom stereocenters. The molecule has 0 saturated carbocycles. The third-order valence-corrected chi connectivity index (χ3v) is 6.68. The molecule has 1 saturated heterocycles. The van der Waals surface area contributed by atoms with E-state index in [2.05, 4.69) is 45.9 Å². The summed E-state index contributed by atoms with van der Waals surface area (Å²) in [7, 11) is 0. The molecule has 0 aromatic heterocycles. The van der Waals surface area contributed by atoms with Crippen LogP contribution in [-0.2, 0) is 16.1 Å². The zero-order valence-corrected chi connectivity index (χ0v) is 19.8. The van der Waals surface area contributed by atoms with Gasteiger partial charge in [0.25, 0.3) is 0 Å². The number of carbonyl (C=O) groups excluding carboxylic acids is 1. The van der Waals surface area contributed by atoms with Crippen LogP contribution in [0.2, 0.25) is 0 Å². The number of hydrogen-bond donors (Lipinski definition) is 1. The highest BCUT2D eigenvalue weighted by molar-refractivity contribution is 5.78. The summed E-state index contributed by atoms with van der Waals surface area (Å²) in [6.07, 6.45) is 1.08. The molecule has 0 bridgehead atoms. The molecule has 1 fully saturated rings. The number of likely N-dealkylation sites (tertiary alicyclic amines) is 1. The summed E-state index contributed by atoms with van der Waals surface area (Å²) < 4.78 is 11.8. The van der Waals surface area contributed by atoms with Crippen LogP contribution >= 0.6 is 0 Å². The Bertz CT molecular complexity index is 884. The van der Waals surface area contributed by atoms with Crippen molar-refractivity contribution in [2.75, 3.05) is 32.9 Å². The number of rotatable bonds is 10. The van der Waals surface area contributed by atoms with Crippen LogP contribution in [0.3, 0.4) is 0 Å². The lowest BCUT2D eigenvalue weighted by atomic mass is 9.76. The number of ether oxygens (including phenoxy) is 2. The van der Waals surface area contributed by atoms with Gasteiger partial charge in [-0.2, -0.15) is 0 Å². The number of aryl methyl sites for hydroxylation is 1. The van der Waals surface area contributed by atoms with Gasteiger partial charge in [-0.1, -0.05) is 69.7 Å². The van der Waals surface area contributed by atoms with Gasteiger partial charge in [-0.3, -0.25) is 4.79 Å². The molecule has 0 spiro atoms. The third-order valence-electron chi connectivity index (χ3n) is 6.68. The maximum Gasteiger partial charge on any atom is 0.248 e. The highest BCUT2D eigenvalue weighted by Crippen LogP contribution is 2.43. The molecule has 5 heteroatoms. The first-order valence-corrected chi connectivity index (χ1v) is 11.6. The van der Waals surface area contributed by atoms with Crippen LogP contribution in [0.1, 0.15) is 49.8 Å². The first-order valence-electron chi connectivity index (χ1n) is 11.6. The maximum atomic E-state index is 12.8. The van der Waals surface area contributed by atoms with Crippen molar-refractivity contribution in [2.24, 2.45) is 11.3 Å². The SMILES string of the molecule is CCC(C)COc1cc(C2CN(C(=O)COCc3ccccc3)CC2(C)CO)ccc1C. The standard InChI is InChI=1S/C27H37NO4/c1-5-20(2)15-32-25-13-23(12-11-21(25)3)24-14-28(18-27(24,4)19-29)26(30)17-31-16-22-9-7-6-8-10-22/h6-13,20,24,29H,5,14-19H2,1-4H3. The minimum absolute atomic E-state index is 0.0171. The summed E-state index contributed by atoms with van der Waals surface area (Å²) in [5.74, 6) is 1.39. The van der Waals surface area contributed by atoms with Gasteiger partial charge in [0.15, 0.2) is 0 Å². The van der Waals surface area contributed by atoms with Gasteiger partial charge in [0.1, 0.15) is 12.4 Å². The second kappa shape index (κ2) is 11.0. The second-order valence-electron chi connectivity index (χ2n) is 9.47. The molecule has 3 rings (SSSR count). The number of amides is 1. The van der Waals surface area contributed by atoms with Gasteiger partial charge in [0.05, 0.1) is 19.8 Å². The lowest BCUT2D eigenvalue weighted by Crippen LogP contribution is -2.35. The van der Waals surface area contributed by atoms with Crippen LogP contribution in [0.15, 0.2) is 48.5 Å². The number of benzene rings is 2. The fraction of sp³-hybridized carbons (Fsp3) is 0.519. The topological polar surface area (TPSA) is 59.0 Å². The van der Waals surface area contributed by atoms with Gasteiger partial charge < -0.3 is 19.5 Å². The predicted molar refractivity (Wildman–Crippen MR) is 127 cm³/mol. The fourth-order valence-electron chi connectivity index (χ4n) is 4.17. The molecule has 2 aromatic rings. The van der Waals surface area contributed by atoms with Crippen LogP contribution in [-0.4, -0.2) is 48.8 Å². The van der Waals surface area contributed by atoms with Gasteiger partial charge in [0.2, 0.25) is 5.91 Å². The van der Waals surface area contributed by atoms with Crippen molar-refractivity contribution in [1.29, 1.82) is 0 Å². The van der Waals surface area contributed by atoms with Crippen LogP contribution in [0, 0.1) is 18.3 Å². The predicted octanol–water partition coefficient (Wildman–Crippen LogP) is 4.56. The van der Waals surface area contributed by atoms with E-state index in [-0.39, 0.29) is 25.0 Å². The largest absolute Gasteiger partial charge is 0.493 e. The minimum atomic E-state index is -0.404. The zero-order chi connectivity index (χ0) is 23.1. The van der Waals surface area contributed by atoms with Crippen molar-refractivity contribution < 1.29 is 19.4 Å². The van der Waals surface area contributed by atoms with E-state index in [1.165, 1.54) is 0 Å². The normalized spacial score (nSPS) is 21.5. The lowest BCUT2D eigenvalue weighted by molar-refractivity contribution is -0.136. The summed E-state index contributed by atoms with van der Waals surface area (Å²) in [5, 5.41) is 10.2. The van der Waals surface area contributed by atoms with Crippen molar-refractivity contribution in [3.63, 3.8) is 0 Å². The van der Waals surface area contributed by atoms with Crippen molar-refractivity contribution in [2.45, 2.75) is 46.6 Å². The van der Waals surface area contributed by atoms with E-state index in [0.29, 0.717) is 32.2 Å². The fourth-order valence-corrected chi connectivity index (χ4v) is 4.17. The Balaban J connectivity index is 1.67. The van der Waals surface area contributed by atoms with Crippen LogP contribution in [0.5, 0.6) is 5.75 Å². The molecule has 1 N–H and O–H groups in total. The summed E-state index contributed by atoms with van der Waals surface area (Å²) in [4.78, 5) is 14.7. The number of nitrogens with zero attached hydrogens (tertiary/aromatic N) is 1. The van der Waals surface area contributed by atoms with Crippen molar-refractivity contribution in [3.05, 3.63) is 65.2 Å². The highest BCUT2D eigenvalue weighted by atomic mass is 16.5. The summed E-state index contributed by atoms with van der Waals surface area (Å²) in [5.41, 5.74) is 2.84. The molecular weight excluding hydrogens is 402 g/mol. The molecule has 32 heavy (non-hydrogen) atoms. The number of hydrogen-bond acceptors (Lipinski definition) is 4. The summed E-state index contributed by atoms with van der Waals surface area (Å²) >= 11 is 0. The molecule has 1 heterocycles. The Kier molecular flexibility index (Phi) is 8.32. The molecular formula is C27H37NO4. The number of aliphatic hydroxyl groups is 1. The molecule has 1 aliphatic heterocycles. The second-order valence-corrected chi connectivity index (χ2v) is 9.47. The molecule has 174 valence electrons. The average molecular weight is 440 g/mol. The van der Waals surface area contributed by atoms with Gasteiger partial charge in [-0.05, 0) is 35.6 Å². The maximum absolute atomic E-state index is 12.8. The number of aliphatic hydroxyl groups excluding tert-OH is 1. The van der Waals surface area contributed by atoms with E-state index < -0.39 is 5.41 Å². The van der Waals surface area contributed by atoms with E-state index in [9.17, 15) is 9.90 Å². The zero-order valence-electron chi connectivity index (χ0n) is 19.8. The van der Waals surface area contributed by atoms with Crippen molar-refractivity contribution in [1.82, 2.24) is 4.90 Å². The summed E-state index contributed by atoms with van der Waals surface area (Å²) in [6, 6.07) is 16.1. The molecule has 1 aliphatic rings. The molecule has 2 aromatic carbocycles. The highest BCUT2D eigenvalue weighted by Gasteiger charge is 2.45. The Morgan fingerprint density at radius 2 is 2.00 bits per heavy atom. The third kappa shape index (κ3) is 5.90. The molecule has 0 aliphatic carbocycles. The van der Waals surface area contributed by atoms with Crippen LogP contribution in [0.4, 0.5) is 0 Å². The average Bonchev–Trinajstić information content (AvgIpc) is 3.17. The Morgan fingerprint density at radius 3 is 2.69 bits per heavy atom. The van der Waals surface area contributed by atoms with E-state index in [1.54, 1.807) is 0 Å². The van der Waals surface area contributed by atoms with E-state index in [4.69, 9.17) is 9.47 Å². The van der Waals surface area contributed by atoms with E-state index in [1.807, 2.05) is 35.2 Å². The molecule has 5 nitrogen and oxygen atoms in total. The molecule has 1 amide bonds. The smallest absolute Gasteiger partial charge is 0.248 e. The molecule has 3 unspecified atom stereocenters. The van der Waals surface area contributed by atoms with Crippen LogP contribution in [0.25, 0.3) is 0 Å².